The van der Waals surface area contributed by atoms with E-state index in [1.165, 1.54) is 11.3 Å². The molecule has 0 bridgehead atoms. The van der Waals surface area contributed by atoms with Crippen LogP contribution < -0.4 is 10.6 Å². The van der Waals surface area contributed by atoms with Crippen molar-refractivity contribution in [3.05, 3.63) is 34.3 Å². The molecule has 0 spiro atoms. The average molecular weight is 293 g/mol. The fourth-order valence-electron chi connectivity index (χ4n) is 1.88. The number of carbonyl (C=O) groups is 1. The molecule has 3 rings (SSSR count). The first-order valence-electron chi connectivity index (χ1n) is 6.35. The topological polar surface area (TPSA) is 92.1 Å². The van der Waals surface area contributed by atoms with Gasteiger partial charge < -0.3 is 15.7 Å². The Morgan fingerprint density at radius 1 is 1.65 bits per heavy atom. The van der Waals surface area contributed by atoms with Crippen molar-refractivity contribution < 1.29 is 9.90 Å². The Labute approximate surface area is 119 Å². The molecule has 2 aromatic heterocycles. The van der Waals surface area contributed by atoms with E-state index in [2.05, 4.69) is 20.9 Å². The van der Waals surface area contributed by atoms with E-state index in [4.69, 9.17) is 0 Å². The van der Waals surface area contributed by atoms with Crippen molar-refractivity contribution in [1.29, 1.82) is 0 Å². The van der Waals surface area contributed by atoms with E-state index in [9.17, 15) is 9.90 Å². The summed E-state index contributed by atoms with van der Waals surface area (Å²) in [6.45, 7) is 1.86. The SMILES string of the molecule is O=C(NCC(O)c1ccsc1)c1cn(C2CNC2)nn1. The highest BCUT2D eigenvalue weighted by Crippen LogP contribution is 2.15. The Morgan fingerprint density at radius 3 is 3.15 bits per heavy atom. The largest absolute Gasteiger partial charge is 0.387 e. The molecule has 0 aliphatic carbocycles. The van der Waals surface area contributed by atoms with E-state index in [0.717, 1.165) is 18.7 Å². The van der Waals surface area contributed by atoms with Crippen LogP contribution in [0.1, 0.15) is 28.2 Å². The van der Waals surface area contributed by atoms with Crippen molar-refractivity contribution in [3.8, 4) is 0 Å². The van der Waals surface area contributed by atoms with E-state index in [-0.39, 0.29) is 24.2 Å². The summed E-state index contributed by atoms with van der Waals surface area (Å²) < 4.78 is 1.70. The Balaban J connectivity index is 1.55. The van der Waals surface area contributed by atoms with Gasteiger partial charge in [-0.2, -0.15) is 11.3 Å². The third kappa shape index (κ3) is 2.72. The highest BCUT2D eigenvalue weighted by molar-refractivity contribution is 7.07. The molecule has 106 valence electrons. The summed E-state index contributed by atoms with van der Waals surface area (Å²) in [7, 11) is 0. The number of nitrogens with one attached hydrogen (secondary N) is 2. The van der Waals surface area contributed by atoms with Crippen LogP contribution in [0.2, 0.25) is 0 Å². The van der Waals surface area contributed by atoms with Gasteiger partial charge in [0.2, 0.25) is 0 Å². The van der Waals surface area contributed by atoms with Crippen LogP contribution in [0.5, 0.6) is 0 Å². The molecule has 0 saturated carbocycles. The number of thiophene rings is 1. The maximum atomic E-state index is 11.9. The second kappa shape index (κ2) is 5.70. The number of aromatic nitrogens is 3. The van der Waals surface area contributed by atoms with Crippen molar-refractivity contribution in [2.45, 2.75) is 12.1 Å². The van der Waals surface area contributed by atoms with Gasteiger partial charge in [-0.3, -0.25) is 4.79 Å². The molecule has 1 amide bonds. The lowest BCUT2D eigenvalue weighted by molar-refractivity contribution is 0.0911. The zero-order valence-corrected chi connectivity index (χ0v) is 11.5. The van der Waals surface area contributed by atoms with E-state index >= 15 is 0 Å². The lowest BCUT2D eigenvalue weighted by Gasteiger charge is -2.26. The lowest BCUT2D eigenvalue weighted by Crippen LogP contribution is -2.43. The van der Waals surface area contributed by atoms with E-state index in [0.29, 0.717) is 0 Å². The molecule has 20 heavy (non-hydrogen) atoms. The van der Waals surface area contributed by atoms with E-state index < -0.39 is 6.10 Å². The predicted octanol–water partition coefficient (Wildman–Crippen LogP) is -0.0527. The molecule has 1 aliphatic heterocycles. The van der Waals surface area contributed by atoms with Crippen LogP contribution in [0, 0.1) is 0 Å². The highest BCUT2D eigenvalue weighted by atomic mass is 32.1. The van der Waals surface area contributed by atoms with Gasteiger partial charge in [0.05, 0.1) is 18.3 Å². The summed E-state index contributed by atoms with van der Waals surface area (Å²) in [4.78, 5) is 11.9. The van der Waals surface area contributed by atoms with Crippen molar-refractivity contribution in [2.24, 2.45) is 0 Å². The van der Waals surface area contributed by atoms with Gasteiger partial charge in [-0.25, -0.2) is 4.68 Å². The molecule has 0 radical (unpaired) electrons. The molecule has 2 aromatic rings. The number of amides is 1. The minimum atomic E-state index is -0.698. The quantitative estimate of drug-likeness (QED) is 0.719. The summed E-state index contributed by atoms with van der Waals surface area (Å²) in [6.07, 6.45) is 0.939. The van der Waals surface area contributed by atoms with Gasteiger partial charge in [0.15, 0.2) is 5.69 Å². The molecule has 3 heterocycles. The Bertz CT molecular complexity index is 578. The predicted molar refractivity (Wildman–Crippen MR) is 73.5 cm³/mol. The second-order valence-corrected chi connectivity index (χ2v) is 5.46. The van der Waals surface area contributed by atoms with Gasteiger partial charge in [0.1, 0.15) is 0 Å². The van der Waals surface area contributed by atoms with Crippen LogP contribution in [0.3, 0.4) is 0 Å². The fourth-order valence-corrected chi connectivity index (χ4v) is 2.59. The minimum Gasteiger partial charge on any atom is -0.387 e. The third-order valence-corrected chi connectivity index (χ3v) is 3.96. The van der Waals surface area contributed by atoms with Crippen LogP contribution in [-0.4, -0.2) is 45.6 Å². The summed E-state index contributed by atoms with van der Waals surface area (Å²) in [6, 6.07) is 2.11. The van der Waals surface area contributed by atoms with Crippen LogP contribution >= 0.6 is 11.3 Å². The molecule has 1 aliphatic rings. The smallest absolute Gasteiger partial charge is 0.273 e. The molecule has 8 heteroatoms. The summed E-state index contributed by atoms with van der Waals surface area (Å²) in [5.74, 6) is -0.321. The molecule has 1 unspecified atom stereocenters. The minimum absolute atomic E-state index is 0.160. The van der Waals surface area contributed by atoms with Gasteiger partial charge in [-0.15, -0.1) is 5.10 Å². The standard InChI is InChI=1S/C12H15N5O2S/c18-11(8-1-2-20-7-8)5-14-12(19)10-6-17(16-15-10)9-3-13-4-9/h1-2,6-7,9,11,13,18H,3-5H2,(H,14,19). The monoisotopic (exact) mass is 293 g/mol. The van der Waals surface area contributed by atoms with E-state index in [1.54, 1.807) is 10.9 Å². The Morgan fingerprint density at radius 2 is 2.50 bits per heavy atom. The van der Waals surface area contributed by atoms with Crippen molar-refractivity contribution >= 4 is 17.2 Å². The maximum absolute atomic E-state index is 11.9. The molecule has 1 saturated heterocycles. The fraction of sp³-hybridized carbons (Fsp3) is 0.417. The normalized spacial score (nSPS) is 16.6. The molecule has 7 nitrogen and oxygen atoms in total. The zero-order chi connectivity index (χ0) is 13.9. The number of hydrogen-bond donors (Lipinski definition) is 3. The molecule has 1 fully saturated rings. The molecule has 0 aromatic carbocycles. The highest BCUT2D eigenvalue weighted by Gasteiger charge is 2.21. The van der Waals surface area contributed by atoms with Crippen molar-refractivity contribution in [1.82, 2.24) is 25.6 Å². The van der Waals surface area contributed by atoms with Gasteiger partial charge >= 0.3 is 0 Å². The van der Waals surface area contributed by atoms with Crippen LogP contribution in [0.15, 0.2) is 23.0 Å². The number of aliphatic hydroxyl groups is 1. The molecule has 1 atom stereocenters. The van der Waals surface area contributed by atoms with Crippen molar-refractivity contribution in [2.75, 3.05) is 19.6 Å². The van der Waals surface area contributed by atoms with Crippen LogP contribution in [0.4, 0.5) is 0 Å². The summed E-state index contributed by atoms with van der Waals surface area (Å²) in [5, 5.41) is 27.2. The summed E-state index contributed by atoms with van der Waals surface area (Å²) in [5.41, 5.74) is 1.08. The van der Waals surface area contributed by atoms with E-state index in [1.807, 2.05) is 16.8 Å². The second-order valence-electron chi connectivity index (χ2n) is 4.68. The molecule has 3 N–H and O–H groups in total. The van der Waals surface area contributed by atoms with Gasteiger partial charge in [0.25, 0.3) is 5.91 Å². The zero-order valence-electron chi connectivity index (χ0n) is 10.7. The van der Waals surface area contributed by atoms with Gasteiger partial charge in [0, 0.05) is 19.6 Å². The summed E-state index contributed by atoms with van der Waals surface area (Å²) >= 11 is 1.51. The molecular weight excluding hydrogens is 278 g/mol. The molecular formula is C12H15N5O2S. The van der Waals surface area contributed by atoms with Crippen molar-refractivity contribution in [3.63, 3.8) is 0 Å². The maximum Gasteiger partial charge on any atom is 0.273 e. The Kier molecular flexibility index (Phi) is 3.77. The lowest BCUT2D eigenvalue weighted by atomic mass is 10.2. The van der Waals surface area contributed by atoms with Crippen LogP contribution in [-0.2, 0) is 0 Å². The number of carbonyl (C=O) groups excluding carboxylic acids is 1. The third-order valence-electron chi connectivity index (χ3n) is 3.26. The van der Waals surface area contributed by atoms with Gasteiger partial charge in [-0.1, -0.05) is 5.21 Å². The number of rotatable bonds is 5. The number of nitrogens with zero attached hydrogens (tertiary/aromatic N) is 3. The first-order chi connectivity index (χ1) is 9.74. The van der Waals surface area contributed by atoms with Crippen LogP contribution in [0.25, 0.3) is 0 Å². The average Bonchev–Trinajstić information content (AvgIpc) is 3.04. The Hall–Kier alpha value is -1.77. The number of hydrogen-bond acceptors (Lipinski definition) is 6. The number of aliphatic hydroxyl groups excluding tert-OH is 1. The first-order valence-corrected chi connectivity index (χ1v) is 7.29. The first kappa shape index (κ1) is 13.2. The van der Waals surface area contributed by atoms with Gasteiger partial charge in [-0.05, 0) is 22.4 Å².